The molecule has 11 nitrogen and oxygen atoms in total. The number of hydrogen-bond donors (Lipinski definition) is 4. The highest BCUT2D eigenvalue weighted by molar-refractivity contribution is 7.45. The molecule has 56 heavy (non-hydrogen) atoms. The SMILES string of the molecule is CCCCCCCCCCCCCCCC[C@@H](O)[C@H](COP(=O)([O-])OCC[N+](C)(C)C)NC(=O)CCCCCC[C@H]1C(=O)C[C@@H](O)[C@@H]1/C=C/[C@@H](O)CCCCC. The monoisotopic (exact) mass is 817 g/mol. The summed E-state index contributed by atoms with van der Waals surface area (Å²) >= 11 is 0. The van der Waals surface area contributed by atoms with Gasteiger partial charge >= 0.3 is 0 Å². The fraction of sp³-hybridized carbons (Fsp3) is 0.909. The molecular weight excluding hydrogens is 731 g/mol. The number of Topliss-reactive ketones (excluding diaryl/α,β-unsaturated/α-hetero) is 1. The third-order valence-corrected chi connectivity index (χ3v) is 12.1. The second kappa shape index (κ2) is 31.7. The van der Waals surface area contributed by atoms with E-state index < -0.39 is 38.8 Å². The Kier molecular flexibility index (Phi) is 29.9. The third-order valence-electron chi connectivity index (χ3n) is 11.1. The average Bonchev–Trinajstić information content (AvgIpc) is 3.40. The lowest BCUT2D eigenvalue weighted by Crippen LogP contribution is -2.46. The first kappa shape index (κ1) is 52.8. The van der Waals surface area contributed by atoms with Crippen LogP contribution in [0.25, 0.3) is 0 Å². The first-order valence-electron chi connectivity index (χ1n) is 22.6. The van der Waals surface area contributed by atoms with Crippen LogP contribution in [-0.4, -0.2) is 96.7 Å². The molecule has 0 aliphatic heterocycles. The number of aliphatic hydroxyl groups excluding tert-OH is 3. The van der Waals surface area contributed by atoms with E-state index in [0.717, 1.165) is 57.8 Å². The highest BCUT2D eigenvalue weighted by Gasteiger charge is 2.39. The van der Waals surface area contributed by atoms with Crippen LogP contribution in [-0.2, 0) is 23.2 Å². The maximum absolute atomic E-state index is 13.0. The molecule has 0 aromatic heterocycles. The first-order valence-corrected chi connectivity index (χ1v) is 24.1. The fourth-order valence-corrected chi connectivity index (χ4v) is 8.19. The molecule has 0 aromatic rings. The largest absolute Gasteiger partial charge is 0.756 e. The quantitative estimate of drug-likeness (QED) is 0.0209. The number of ketones is 1. The van der Waals surface area contributed by atoms with Crippen molar-refractivity contribution < 1.29 is 47.9 Å². The van der Waals surface area contributed by atoms with Gasteiger partial charge in [-0.05, 0) is 25.7 Å². The van der Waals surface area contributed by atoms with Crippen molar-refractivity contribution in [1.29, 1.82) is 0 Å². The number of quaternary nitrogens is 1. The second-order valence-corrected chi connectivity index (χ2v) is 18.9. The molecule has 0 aromatic carbocycles. The fourth-order valence-electron chi connectivity index (χ4n) is 7.46. The number of phosphoric acid groups is 1. The molecule has 0 bridgehead atoms. The molecule has 1 saturated carbocycles. The van der Waals surface area contributed by atoms with E-state index in [1.54, 1.807) is 6.08 Å². The molecule has 0 spiro atoms. The van der Waals surface area contributed by atoms with Crippen LogP contribution in [0.5, 0.6) is 0 Å². The number of rotatable bonds is 37. The molecule has 1 rings (SSSR count). The summed E-state index contributed by atoms with van der Waals surface area (Å²) in [5.74, 6) is -0.754. The van der Waals surface area contributed by atoms with Crippen LogP contribution in [0.4, 0.5) is 0 Å². The van der Waals surface area contributed by atoms with Crippen molar-refractivity contribution in [3.63, 3.8) is 0 Å². The highest BCUT2D eigenvalue weighted by atomic mass is 31.2. The number of amides is 1. The molecule has 330 valence electrons. The standard InChI is InChI=1S/C44H85N2O9P/c1-6-8-10-11-12-13-14-15-16-17-18-19-20-25-29-41(48)40(36-55-56(52,53)54-34-33-46(3,4)5)45-44(51)30-26-22-21-24-28-38-39(43(50)35-42(38)49)32-31-37(47)27-23-9-7-2/h31-32,37-41,43,47-48,50H,6-30,33-36H2,1-5H3,(H-,45,51,52,53)/b32-31+/t37-,38+,39+,40-,41+,43+/m0/s1. The van der Waals surface area contributed by atoms with Gasteiger partial charge in [-0.25, -0.2) is 0 Å². The van der Waals surface area contributed by atoms with E-state index in [2.05, 4.69) is 19.2 Å². The zero-order chi connectivity index (χ0) is 41.7. The number of nitrogens with zero attached hydrogens (tertiary/aromatic N) is 1. The Bertz CT molecular complexity index is 1090. The van der Waals surface area contributed by atoms with Crippen molar-refractivity contribution in [3.8, 4) is 0 Å². The molecule has 0 heterocycles. The van der Waals surface area contributed by atoms with E-state index >= 15 is 0 Å². The maximum atomic E-state index is 13.0. The van der Waals surface area contributed by atoms with Gasteiger partial charge in [-0.1, -0.05) is 154 Å². The van der Waals surface area contributed by atoms with E-state index in [0.29, 0.717) is 36.7 Å². The summed E-state index contributed by atoms with van der Waals surface area (Å²) in [7, 11) is 1.16. The zero-order valence-corrected chi connectivity index (χ0v) is 37.2. The lowest BCUT2D eigenvalue weighted by molar-refractivity contribution is -0.870. The summed E-state index contributed by atoms with van der Waals surface area (Å²) in [6.45, 7) is 4.41. The van der Waals surface area contributed by atoms with Gasteiger partial charge in [0.1, 0.15) is 18.9 Å². The molecule has 0 radical (unpaired) electrons. The lowest BCUT2D eigenvalue weighted by atomic mass is 9.88. The minimum Gasteiger partial charge on any atom is -0.756 e. The van der Waals surface area contributed by atoms with Gasteiger partial charge < -0.3 is 39.1 Å². The average molecular weight is 817 g/mol. The molecule has 4 N–H and O–H groups in total. The topological polar surface area (TPSA) is 165 Å². The number of unbranched alkanes of at least 4 members (excludes halogenated alkanes) is 18. The van der Waals surface area contributed by atoms with Crippen LogP contribution >= 0.6 is 7.82 Å². The minimum absolute atomic E-state index is 0.0298. The van der Waals surface area contributed by atoms with Crippen molar-refractivity contribution in [2.24, 2.45) is 11.8 Å². The summed E-state index contributed by atoms with van der Waals surface area (Å²) in [6, 6.07) is -0.885. The van der Waals surface area contributed by atoms with Crippen molar-refractivity contribution in [2.75, 3.05) is 40.9 Å². The Morgan fingerprint density at radius 3 is 1.93 bits per heavy atom. The maximum Gasteiger partial charge on any atom is 0.268 e. The molecule has 1 amide bonds. The van der Waals surface area contributed by atoms with Crippen molar-refractivity contribution >= 4 is 19.5 Å². The van der Waals surface area contributed by atoms with E-state index in [4.69, 9.17) is 9.05 Å². The number of likely N-dealkylation sites (N-methyl/N-ethyl adjacent to an activating group) is 1. The van der Waals surface area contributed by atoms with Gasteiger partial charge in [0.2, 0.25) is 5.91 Å². The zero-order valence-electron chi connectivity index (χ0n) is 36.3. The highest BCUT2D eigenvalue weighted by Crippen LogP contribution is 2.38. The molecule has 1 aliphatic carbocycles. The van der Waals surface area contributed by atoms with E-state index in [1.807, 2.05) is 27.2 Å². The van der Waals surface area contributed by atoms with E-state index in [-0.39, 0.29) is 43.0 Å². The van der Waals surface area contributed by atoms with Gasteiger partial charge in [-0.3, -0.25) is 14.2 Å². The summed E-state index contributed by atoms with van der Waals surface area (Å²) in [5, 5.41) is 34.7. The summed E-state index contributed by atoms with van der Waals surface area (Å²) < 4.78 is 23.2. The van der Waals surface area contributed by atoms with Gasteiger partial charge in [-0.15, -0.1) is 0 Å². The van der Waals surface area contributed by atoms with Crippen LogP contribution in [0.15, 0.2) is 12.2 Å². The Labute approximate surface area is 342 Å². The van der Waals surface area contributed by atoms with Gasteiger partial charge in [0.15, 0.2) is 0 Å². The van der Waals surface area contributed by atoms with Crippen molar-refractivity contribution in [1.82, 2.24) is 5.32 Å². The third kappa shape index (κ3) is 27.5. The smallest absolute Gasteiger partial charge is 0.268 e. The summed E-state index contributed by atoms with van der Waals surface area (Å²) in [5.41, 5.74) is 0. The van der Waals surface area contributed by atoms with Crippen molar-refractivity contribution in [3.05, 3.63) is 12.2 Å². The lowest BCUT2D eigenvalue weighted by Gasteiger charge is -2.30. The van der Waals surface area contributed by atoms with Crippen molar-refractivity contribution in [2.45, 2.75) is 205 Å². The van der Waals surface area contributed by atoms with Crippen LogP contribution in [0, 0.1) is 11.8 Å². The van der Waals surface area contributed by atoms with Gasteiger partial charge in [0.25, 0.3) is 7.82 Å². The summed E-state index contributed by atoms with van der Waals surface area (Å²) in [6.07, 6.45) is 26.7. The van der Waals surface area contributed by atoms with E-state index in [9.17, 15) is 34.4 Å². The number of nitrogens with one attached hydrogen (secondary N) is 1. The molecule has 1 aliphatic rings. The number of hydrogen-bond acceptors (Lipinski definition) is 9. The molecular formula is C44H85N2O9P. The van der Waals surface area contributed by atoms with Gasteiger partial charge in [0.05, 0.1) is 52.1 Å². The molecule has 0 saturated heterocycles. The molecule has 1 fully saturated rings. The minimum atomic E-state index is -4.63. The number of carbonyl (C=O) groups excluding carboxylic acids is 2. The Morgan fingerprint density at radius 1 is 0.821 bits per heavy atom. The van der Waals surface area contributed by atoms with Gasteiger partial charge in [-0.2, -0.15) is 0 Å². The predicted octanol–water partition coefficient (Wildman–Crippen LogP) is 8.32. The van der Waals surface area contributed by atoms with Crippen LogP contribution in [0.3, 0.4) is 0 Å². The van der Waals surface area contributed by atoms with E-state index in [1.165, 1.54) is 70.6 Å². The molecule has 7 atom stereocenters. The second-order valence-electron chi connectivity index (χ2n) is 17.5. The van der Waals surface area contributed by atoms with Crippen LogP contribution in [0.1, 0.15) is 181 Å². The number of carbonyl (C=O) groups is 2. The predicted molar refractivity (Wildman–Crippen MR) is 225 cm³/mol. The number of aliphatic hydroxyl groups is 3. The van der Waals surface area contributed by atoms with Gasteiger partial charge in [0, 0.05) is 24.7 Å². The molecule has 12 heteroatoms. The van der Waals surface area contributed by atoms with Crippen LogP contribution in [0.2, 0.25) is 0 Å². The summed E-state index contributed by atoms with van der Waals surface area (Å²) in [4.78, 5) is 38.1. The Hall–Kier alpha value is -1.17. The first-order chi connectivity index (χ1) is 26.7. The Balaban J connectivity index is 2.50. The Morgan fingerprint density at radius 2 is 1.34 bits per heavy atom. The molecule has 1 unspecified atom stereocenters. The normalized spacial score (nSPS) is 20.4. The number of phosphoric ester groups is 1. The van der Waals surface area contributed by atoms with Crippen LogP contribution < -0.4 is 10.2 Å².